The maximum atomic E-state index is 4.73. The normalized spacial score (nSPS) is 16.0. The van der Waals surface area contributed by atoms with E-state index < -0.39 is 0 Å². The Balaban J connectivity index is 1.61. The second kappa shape index (κ2) is 7.95. The lowest BCUT2D eigenvalue weighted by Crippen LogP contribution is -2.46. The lowest BCUT2D eigenvalue weighted by molar-refractivity contribution is 0.249. The summed E-state index contributed by atoms with van der Waals surface area (Å²) in [6, 6.07) is 0.420. The molecule has 0 radical (unpaired) electrons. The first-order valence-corrected chi connectivity index (χ1v) is 9.39. The third-order valence-corrected chi connectivity index (χ3v) is 4.74. The molecule has 3 heterocycles. The third-order valence-electron chi connectivity index (χ3n) is 4.74. The molecule has 6 heteroatoms. The van der Waals surface area contributed by atoms with Gasteiger partial charge in [0.05, 0.1) is 6.20 Å². The predicted octanol–water partition coefficient (Wildman–Crippen LogP) is 2.84. The maximum Gasteiger partial charge on any atom is 0.135 e. The predicted molar refractivity (Wildman–Crippen MR) is 101 cm³/mol. The van der Waals surface area contributed by atoms with Crippen LogP contribution in [0.25, 0.3) is 0 Å². The Morgan fingerprint density at radius 2 is 1.88 bits per heavy atom. The van der Waals surface area contributed by atoms with E-state index in [9.17, 15) is 0 Å². The van der Waals surface area contributed by atoms with E-state index in [0.29, 0.717) is 6.04 Å². The van der Waals surface area contributed by atoms with Gasteiger partial charge in [0.2, 0.25) is 0 Å². The molecule has 0 N–H and O–H groups in total. The van der Waals surface area contributed by atoms with Gasteiger partial charge in [-0.15, -0.1) is 0 Å². The van der Waals surface area contributed by atoms with Crippen molar-refractivity contribution in [2.75, 3.05) is 31.1 Å². The van der Waals surface area contributed by atoms with E-state index >= 15 is 0 Å². The van der Waals surface area contributed by atoms with Crippen molar-refractivity contribution in [2.45, 2.75) is 53.1 Å². The molecule has 1 saturated heterocycles. The van der Waals surface area contributed by atoms with Gasteiger partial charge in [-0.1, -0.05) is 13.3 Å². The third kappa shape index (κ3) is 4.37. The van der Waals surface area contributed by atoms with Gasteiger partial charge in [-0.25, -0.2) is 9.97 Å². The molecule has 1 fully saturated rings. The zero-order valence-electron chi connectivity index (χ0n) is 15.9. The van der Waals surface area contributed by atoms with Crippen molar-refractivity contribution in [1.82, 2.24) is 24.6 Å². The van der Waals surface area contributed by atoms with Crippen molar-refractivity contribution in [3.8, 4) is 0 Å². The largest absolute Gasteiger partial charge is 0.354 e. The zero-order chi connectivity index (χ0) is 17.8. The van der Waals surface area contributed by atoms with Gasteiger partial charge in [-0.2, -0.15) is 5.10 Å². The maximum absolute atomic E-state index is 4.73. The van der Waals surface area contributed by atoms with Gasteiger partial charge in [-0.05, 0) is 27.2 Å². The van der Waals surface area contributed by atoms with Crippen LogP contribution in [0.3, 0.4) is 0 Å². The van der Waals surface area contributed by atoms with Crippen LogP contribution < -0.4 is 4.90 Å². The Hall–Kier alpha value is -1.95. The van der Waals surface area contributed by atoms with E-state index in [1.807, 2.05) is 24.0 Å². The van der Waals surface area contributed by atoms with Gasteiger partial charge in [-0.3, -0.25) is 9.58 Å². The van der Waals surface area contributed by atoms with Crippen molar-refractivity contribution in [3.05, 3.63) is 35.5 Å². The summed E-state index contributed by atoms with van der Waals surface area (Å²) in [6.07, 6.45) is 8.35. The molecule has 2 aromatic heterocycles. The smallest absolute Gasteiger partial charge is 0.135 e. The molecule has 1 aliphatic rings. The number of hydrogen-bond donors (Lipinski definition) is 0. The molecule has 6 nitrogen and oxygen atoms in total. The van der Waals surface area contributed by atoms with Gasteiger partial charge < -0.3 is 4.90 Å². The first kappa shape index (κ1) is 17.9. The number of rotatable bonds is 6. The second-order valence-electron chi connectivity index (χ2n) is 7.20. The summed E-state index contributed by atoms with van der Waals surface area (Å²) < 4.78 is 2.03. The molecule has 2 aromatic rings. The molecular weight excluding hydrogens is 312 g/mol. The molecule has 0 amide bonds. The van der Waals surface area contributed by atoms with Crippen molar-refractivity contribution < 1.29 is 0 Å². The summed E-state index contributed by atoms with van der Waals surface area (Å²) in [5.74, 6) is 2.00. The Morgan fingerprint density at radius 3 is 2.52 bits per heavy atom. The number of piperazine rings is 1. The van der Waals surface area contributed by atoms with Crippen LogP contribution in [0, 0.1) is 6.92 Å². The fourth-order valence-corrected chi connectivity index (χ4v) is 3.32. The summed E-state index contributed by atoms with van der Waals surface area (Å²) in [7, 11) is 0. The van der Waals surface area contributed by atoms with Crippen LogP contribution in [0.5, 0.6) is 0 Å². The Bertz CT molecular complexity index is 685. The lowest BCUT2D eigenvalue weighted by atomic mass is 10.1. The molecule has 0 atom stereocenters. The highest BCUT2D eigenvalue weighted by molar-refractivity contribution is 5.46. The first-order chi connectivity index (χ1) is 12.1. The molecule has 136 valence electrons. The van der Waals surface area contributed by atoms with Gasteiger partial charge in [0, 0.05) is 62.3 Å². The molecule has 3 rings (SSSR count). The summed E-state index contributed by atoms with van der Waals surface area (Å²) in [6.45, 7) is 13.6. The first-order valence-electron chi connectivity index (χ1n) is 9.39. The van der Waals surface area contributed by atoms with Crippen LogP contribution in [0.15, 0.2) is 18.6 Å². The van der Waals surface area contributed by atoms with Crippen molar-refractivity contribution in [1.29, 1.82) is 0 Å². The Kier molecular flexibility index (Phi) is 5.68. The van der Waals surface area contributed by atoms with Gasteiger partial charge in [0.15, 0.2) is 0 Å². The molecule has 0 aliphatic carbocycles. The number of hydrogen-bond acceptors (Lipinski definition) is 5. The Labute approximate surface area is 150 Å². The minimum atomic E-state index is 0.420. The van der Waals surface area contributed by atoms with Crippen LogP contribution in [0.2, 0.25) is 0 Å². The minimum absolute atomic E-state index is 0.420. The topological polar surface area (TPSA) is 50.1 Å². The van der Waals surface area contributed by atoms with Crippen molar-refractivity contribution in [3.63, 3.8) is 0 Å². The van der Waals surface area contributed by atoms with Crippen LogP contribution >= 0.6 is 0 Å². The number of aromatic nitrogens is 4. The lowest BCUT2D eigenvalue weighted by Gasteiger charge is -2.36. The van der Waals surface area contributed by atoms with Crippen LogP contribution in [-0.2, 0) is 13.0 Å². The molecule has 0 unspecified atom stereocenters. The fourth-order valence-electron chi connectivity index (χ4n) is 3.32. The van der Waals surface area contributed by atoms with Crippen LogP contribution in [0.1, 0.15) is 50.2 Å². The van der Waals surface area contributed by atoms with Crippen LogP contribution in [-0.4, -0.2) is 50.8 Å². The standard InChI is InChI=1S/C19H30N6/c1-5-6-18-12-20-16(4)22-19(18)24-9-7-23(8-10-24)13-17-11-21-25(14-17)15(2)3/h11-12,14-15H,5-10,13H2,1-4H3. The van der Waals surface area contributed by atoms with Gasteiger partial charge in [0.25, 0.3) is 0 Å². The van der Waals surface area contributed by atoms with Crippen LogP contribution in [0.4, 0.5) is 5.82 Å². The van der Waals surface area contributed by atoms with E-state index in [-0.39, 0.29) is 0 Å². The monoisotopic (exact) mass is 342 g/mol. The molecule has 0 aromatic carbocycles. The van der Waals surface area contributed by atoms with Gasteiger partial charge in [0.1, 0.15) is 11.6 Å². The summed E-state index contributed by atoms with van der Waals surface area (Å²) in [4.78, 5) is 14.0. The van der Waals surface area contributed by atoms with E-state index in [1.165, 1.54) is 11.1 Å². The quantitative estimate of drug-likeness (QED) is 0.808. The van der Waals surface area contributed by atoms with E-state index in [0.717, 1.165) is 57.2 Å². The number of aryl methyl sites for hydroxylation is 2. The average Bonchev–Trinajstić information content (AvgIpc) is 3.06. The molecule has 0 saturated carbocycles. The summed E-state index contributed by atoms with van der Waals surface area (Å²) in [5, 5.41) is 4.45. The summed E-state index contributed by atoms with van der Waals surface area (Å²) in [5.41, 5.74) is 2.58. The van der Waals surface area contributed by atoms with E-state index in [1.54, 1.807) is 0 Å². The molecule has 1 aliphatic heterocycles. The number of anilines is 1. The highest BCUT2D eigenvalue weighted by Crippen LogP contribution is 2.21. The van der Waals surface area contributed by atoms with Gasteiger partial charge >= 0.3 is 0 Å². The zero-order valence-corrected chi connectivity index (χ0v) is 15.9. The highest BCUT2D eigenvalue weighted by Gasteiger charge is 2.21. The average molecular weight is 342 g/mol. The van der Waals surface area contributed by atoms with Crippen molar-refractivity contribution >= 4 is 5.82 Å². The molecular formula is C19H30N6. The Morgan fingerprint density at radius 1 is 1.12 bits per heavy atom. The summed E-state index contributed by atoms with van der Waals surface area (Å²) >= 11 is 0. The van der Waals surface area contributed by atoms with E-state index in [2.05, 4.69) is 46.9 Å². The SMILES string of the molecule is CCCc1cnc(C)nc1N1CCN(Cc2cnn(C(C)C)c2)CC1. The van der Waals surface area contributed by atoms with Crippen molar-refractivity contribution in [2.24, 2.45) is 0 Å². The minimum Gasteiger partial charge on any atom is -0.354 e. The fraction of sp³-hybridized carbons (Fsp3) is 0.632. The molecule has 0 bridgehead atoms. The molecule has 25 heavy (non-hydrogen) atoms. The second-order valence-corrected chi connectivity index (χ2v) is 7.20. The highest BCUT2D eigenvalue weighted by atomic mass is 15.3. The number of nitrogens with zero attached hydrogens (tertiary/aromatic N) is 6. The molecule has 0 spiro atoms. The van der Waals surface area contributed by atoms with E-state index in [4.69, 9.17) is 4.98 Å².